The zero-order valence-electron chi connectivity index (χ0n) is 28.5. The van der Waals surface area contributed by atoms with Crippen molar-refractivity contribution in [2.75, 3.05) is 0 Å². The van der Waals surface area contributed by atoms with Gasteiger partial charge in [0.1, 0.15) is 0 Å². The number of para-hydroxylation sites is 3. The maximum absolute atomic E-state index is 9.63. The molecule has 0 radical (unpaired) electrons. The van der Waals surface area contributed by atoms with E-state index in [1.165, 1.54) is 16.3 Å². The normalized spacial score (nSPS) is 11.8. The van der Waals surface area contributed by atoms with Crippen molar-refractivity contribution in [1.29, 1.82) is 5.26 Å². The number of aromatic nitrogens is 4. The summed E-state index contributed by atoms with van der Waals surface area (Å²) in [5.74, 6) is 0. The number of hydrogen-bond acceptors (Lipinski definition) is 2. The van der Waals surface area contributed by atoms with Gasteiger partial charge in [-0.15, -0.1) is 0 Å². The van der Waals surface area contributed by atoms with E-state index in [2.05, 4.69) is 171 Å². The highest BCUT2D eigenvalue weighted by molar-refractivity contribution is 6.28. The van der Waals surface area contributed by atoms with Crippen LogP contribution in [-0.4, -0.2) is 18.7 Å². The van der Waals surface area contributed by atoms with Crippen molar-refractivity contribution in [2.45, 2.75) is 0 Å². The van der Waals surface area contributed by atoms with Crippen molar-refractivity contribution in [3.8, 4) is 34.3 Å². The van der Waals surface area contributed by atoms with Crippen LogP contribution < -0.4 is 0 Å². The molecule has 0 bridgehead atoms. The van der Waals surface area contributed by atoms with Gasteiger partial charge in [0.2, 0.25) is 0 Å². The second-order valence-electron chi connectivity index (χ2n) is 13.5. The molecular weight excluding hydrogens is 647 g/mol. The average molecular weight is 676 g/mol. The lowest BCUT2D eigenvalue weighted by atomic mass is 10.0. The molecule has 5 heteroatoms. The zero-order valence-corrected chi connectivity index (χ0v) is 28.5. The summed E-state index contributed by atoms with van der Waals surface area (Å²) >= 11 is 0. The summed E-state index contributed by atoms with van der Waals surface area (Å²) in [6.07, 6.45) is 1.90. The van der Waals surface area contributed by atoms with Gasteiger partial charge >= 0.3 is 0 Å². The minimum atomic E-state index is 0.661. The summed E-state index contributed by atoms with van der Waals surface area (Å²) < 4.78 is 7.03. The largest absolute Gasteiger partial charge is 0.309 e. The second kappa shape index (κ2) is 11.3. The van der Waals surface area contributed by atoms with Gasteiger partial charge in [0.25, 0.3) is 0 Å². The van der Waals surface area contributed by atoms with Crippen molar-refractivity contribution >= 4 is 65.5 Å². The molecule has 0 aliphatic rings. The van der Waals surface area contributed by atoms with E-state index >= 15 is 0 Å². The van der Waals surface area contributed by atoms with Crippen LogP contribution in [0.4, 0.5) is 0 Å². The molecular formula is C48H29N5. The van der Waals surface area contributed by atoms with Gasteiger partial charge in [-0.3, -0.25) is 4.98 Å². The van der Waals surface area contributed by atoms with E-state index in [-0.39, 0.29) is 0 Å². The number of nitrogens with zero attached hydrogens (tertiary/aromatic N) is 5. The molecule has 53 heavy (non-hydrogen) atoms. The van der Waals surface area contributed by atoms with Gasteiger partial charge in [0.15, 0.2) is 0 Å². The van der Waals surface area contributed by atoms with Crippen LogP contribution in [0.25, 0.3) is 93.7 Å². The highest BCUT2D eigenvalue weighted by atomic mass is 15.0. The molecule has 0 unspecified atom stereocenters. The fourth-order valence-electron chi connectivity index (χ4n) is 8.48. The quantitative estimate of drug-likeness (QED) is 0.186. The fourth-order valence-corrected chi connectivity index (χ4v) is 8.48. The molecule has 7 aromatic carbocycles. The van der Waals surface area contributed by atoms with Crippen LogP contribution in [0.3, 0.4) is 0 Å². The van der Waals surface area contributed by atoms with Gasteiger partial charge in [-0.2, -0.15) is 5.26 Å². The summed E-state index contributed by atoms with van der Waals surface area (Å²) in [4.78, 5) is 5.03. The van der Waals surface area contributed by atoms with E-state index in [0.717, 1.165) is 77.4 Å². The van der Waals surface area contributed by atoms with E-state index in [1.54, 1.807) is 0 Å². The zero-order chi connectivity index (χ0) is 35.0. The van der Waals surface area contributed by atoms with E-state index in [9.17, 15) is 5.26 Å². The Labute approximate surface area is 304 Å². The van der Waals surface area contributed by atoms with E-state index in [1.807, 2.05) is 24.4 Å². The van der Waals surface area contributed by atoms with Crippen molar-refractivity contribution in [3.63, 3.8) is 0 Å². The summed E-state index contributed by atoms with van der Waals surface area (Å²) in [5.41, 5.74) is 13.9. The summed E-state index contributed by atoms with van der Waals surface area (Å²) in [5, 5.41) is 15.4. The fraction of sp³-hybridized carbons (Fsp3) is 0. The van der Waals surface area contributed by atoms with E-state index in [4.69, 9.17) is 4.98 Å². The molecule has 11 aromatic rings. The van der Waals surface area contributed by atoms with Crippen molar-refractivity contribution in [1.82, 2.24) is 18.7 Å². The number of nitriles is 1. The van der Waals surface area contributed by atoms with Gasteiger partial charge in [0, 0.05) is 50.2 Å². The maximum atomic E-state index is 9.63. The Balaban J connectivity index is 1.12. The average Bonchev–Trinajstić information content (AvgIpc) is 3.86. The van der Waals surface area contributed by atoms with Crippen LogP contribution in [0.15, 0.2) is 176 Å². The third-order valence-corrected chi connectivity index (χ3v) is 10.7. The lowest BCUT2D eigenvalue weighted by Crippen LogP contribution is -1.96. The first kappa shape index (κ1) is 29.3. The molecule has 0 N–H and O–H groups in total. The number of hydrogen-bond donors (Lipinski definition) is 0. The van der Waals surface area contributed by atoms with Crippen LogP contribution in [0.1, 0.15) is 5.56 Å². The molecule has 0 saturated carbocycles. The smallest absolute Gasteiger partial charge is 0.0991 e. The minimum absolute atomic E-state index is 0.661. The van der Waals surface area contributed by atoms with Crippen LogP contribution in [0.2, 0.25) is 0 Å². The van der Waals surface area contributed by atoms with Gasteiger partial charge in [0.05, 0.1) is 50.2 Å². The molecule has 0 aliphatic heterocycles. The highest BCUT2D eigenvalue weighted by Crippen LogP contribution is 2.42. The molecule has 5 nitrogen and oxygen atoms in total. The third-order valence-electron chi connectivity index (χ3n) is 10.7. The Bertz CT molecular complexity index is 3300. The topological polar surface area (TPSA) is 51.5 Å². The minimum Gasteiger partial charge on any atom is -0.309 e. The first-order valence-corrected chi connectivity index (χ1v) is 17.8. The Morgan fingerprint density at radius 2 is 0.943 bits per heavy atom. The van der Waals surface area contributed by atoms with Gasteiger partial charge in [-0.1, -0.05) is 78.9 Å². The lowest BCUT2D eigenvalue weighted by molar-refractivity contribution is 1.17. The summed E-state index contributed by atoms with van der Waals surface area (Å²) in [6, 6.07) is 62.2. The van der Waals surface area contributed by atoms with Crippen LogP contribution in [0.5, 0.6) is 0 Å². The van der Waals surface area contributed by atoms with Crippen LogP contribution in [-0.2, 0) is 0 Å². The third kappa shape index (κ3) is 4.27. The predicted octanol–water partition coefficient (Wildman–Crippen LogP) is 11.9. The van der Waals surface area contributed by atoms with Gasteiger partial charge < -0.3 is 13.7 Å². The second-order valence-corrected chi connectivity index (χ2v) is 13.5. The van der Waals surface area contributed by atoms with E-state index in [0.29, 0.717) is 5.56 Å². The first-order valence-electron chi connectivity index (χ1n) is 17.8. The molecule has 0 amide bonds. The lowest BCUT2D eigenvalue weighted by Gasteiger charge is -2.13. The Kier molecular flexibility index (Phi) is 6.25. The molecule has 11 rings (SSSR count). The SMILES string of the molecule is N#Cc1ccc2c(c1)c1ccccc1n2-c1cccc(-c2cccc(-n3c4cccnc4c4c5c6ccccc6n(-c6ccccc6)c5ccc43)c2)c1. The number of fused-ring (bicyclic) bond motifs is 10. The Hall–Kier alpha value is -7.42. The number of pyridine rings is 1. The molecule has 4 aromatic heterocycles. The standard InChI is InChI=1S/C48H29N5/c49-30-31-22-23-42-39(27-31)37-17-4-6-19-40(37)52(42)35-15-8-11-32(28-35)33-12-9-16-36(29-33)53-44-25-24-43-46(47(44)48-45(53)21-10-26-50-48)38-18-5-7-20-41(38)51(43)34-13-2-1-3-14-34/h1-29H. The highest BCUT2D eigenvalue weighted by Gasteiger charge is 2.21. The van der Waals surface area contributed by atoms with Gasteiger partial charge in [-0.25, -0.2) is 0 Å². The maximum Gasteiger partial charge on any atom is 0.0991 e. The van der Waals surface area contributed by atoms with Crippen LogP contribution >= 0.6 is 0 Å². The predicted molar refractivity (Wildman–Crippen MR) is 217 cm³/mol. The molecule has 0 saturated heterocycles. The molecule has 246 valence electrons. The van der Waals surface area contributed by atoms with Crippen LogP contribution in [0, 0.1) is 11.3 Å². The first-order chi connectivity index (χ1) is 26.3. The van der Waals surface area contributed by atoms with Crippen molar-refractivity contribution in [3.05, 3.63) is 182 Å². The molecule has 4 heterocycles. The molecule has 0 aliphatic carbocycles. The monoisotopic (exact) mass is 675 g/mol. The number of rotatable bonds is 4. The number of benzene rings is 7. The summed E-state index contributed by atoms with van der Waals surface area (Å²) in [7, 11) is 0. The molecule has 0 atom stereocenters. The van der Waals surface area contributed by atoms with E-state index < -0.39 is 0 Å². The Morgan fingerprint density at radius 3 is 1.68 bits per heavy atom. The van der Waals surface area contributed by atoms with Gasteiger partial charge in [-0.05, 0) is 102 Å². The van der Waals surface area contributed by atoms with Crippen molar-refractivity contribution in [2.24, 2.45) is 0 Å². The van der Waals surface area contributed by atoms with Crippen molar-refractivity contribution < 1.29 is 0 Å². The molecule has 0 spiro atoms. The Morgan fingerprint density at radius 1 is 0.396 bits per heavy atom. The summed E-state index contributed by atoms with van der Waals surface area (Å²) in [6.45, 7) is 0. The molecule has 0 fully saturated rings.